The Hall–Kier alpha value is 1.76. The van der Waals surface area contributed by atoms with Crippen LogP contribution in [0.3, 0.4) is 0 Å². The van der Waals surface area contributed by atoms with Crippen molar-refractivity contribution in [1.29, 1.82) is 0 Å². The van der Waals surface area contributed by atoms with Gasteiger partial charge in [0.05, 0.1) is 14.2 Å². The third kappa shape index (κ3) is 7.76. The first-order valence-electron chi connectivity index (χ1n) is 1.24. The van der Waals surface area contributed by atoms with Crippen LogP contribution in [-0.4, -0.2) is 0 Å². The number of halogens is 2. The average molecular weight is 212 g/mol. The van der Waals surface area contributed by atoms with Gasteiger partial charge in [-0.15, -0.1) is 0 Å². The van der Waals surface area contributed by atoms with Crippen molar-refractivity contribution >= 4 is 56.2 Å². The van der Waals surface area contributed by atoms with Crippen molar-refractivity contribution in [3.63, 3.8) is 0 Å². The lowest BCUT2D eigenvalue weighted by Gasteiger charge is -1.79. The van der Waals surface area contributed by atoms with Crippen LogP contribution in [0.4, 0.5) is 0 Å². The Morgan fingerprint density at radius 2 is 2.43 bits per heavy atom. The molecule has 0 aromatic carbocycles. The van der Waals surface area contributed by atoms with E-state index in [4.69, 9.17) is 22.5 Å². The molecular formula is H2Cl2NP3S. The van der Waals surface area contributed by atoms with Crippen LogP contribution in [-0.2, 0) is 11.8 Å². The highest BCUT2D eigenvalue weighted by molar-refractivity contribution is 8.48. The summed E-state index contributed by atoms with van der Waals surface area (Å²) in [5, 5.41) is 0. The van der Waals surface area contributed by atoms with Gasteiger partial charge in [-0.05, 0) is 11.2 Å². The van der Waals surface area contributed by atoms with Gasteiger partial charge in [-0.1, -0.05) is 23.0 Å². The Morgan fingerprint density at radius 1 is 1.86 bits per heavy atom. The molecule has 0 aliphatic carbocycles. The number of hydrogen-bond donors (Lipinski definition) is 0. The van der Waals surface area contributed by atoms with Crippen LogP contribution in [0.1, 0.15) is 0 Å². The molecule has 0 fully saturated rings. The third-order valence-electron chi connectivity index (χ3n) is 0.176. The zero-order valence-corrected chi connectivity index (χ0v) is 8.28. The largest absolute Gasteiger partial charge is 0.226 e. The summed E-state index contributed by atoms with van der Waals surface area (Å²) in [6, 6.07) is 0. The summed E-state index contributed by atoms with van der Waals surface area (Å²) in [4.78, 5) is 0. The number of hydrogen-bond acceptors (Lipinski definition) is 2. The summed E-state index contributed by atoms with van der Waals surface area (Å²) < 4.78 is 3.75. The molecule has 0 saturated carbocycles. The quantitative estimate of drug-likeness (QED) is 0.636. The van der Waals surface area contributed by atoms with Gasteiger partial charge in [0.1, 0.15) is 7.73 Å². The molecule has 2 unspecified atom stereocenters. The van der Waals surface area contributed by atoms with Gasteiger partial charge in [0.25, 0.3) is 0 Å². The van der Waals surface area contributed by atoms with E-state index in [1.807, 2.05) is 0 Å². The SMILES string of the molecule is S=[PH](Cl)PN=PCl. The summed E-state index contributed by atoms with van der Waals surface area (Å²) in [5.41, 5.74) is -1.07. The van der Waals surface area contributed by atoms with Gasteiger partial charge in [-0.3, -0.25) is 0 Å². The molecular weight excluding hydrogens is 210 g/mol. The Kier molecular flexibility index (Phi) is 7.37. The van der Waals surface area contributed by atoms with E-state index in [1.165, 1.54) is 0 Å². The van der Waals surface area contributed by atoms with E-state index < -0.39 is 5.74 Å². The van der Waals surface area contributed by atoms with Crippen molar-refractivity contribution in [2.75, 3.05) is 0 Å². The minimum atomic E-state index is -1.07. The van der Waals surface area contributed by atoms with Crippen LogP contribution in [0.2, 0.25) is 0 Å². The third-order valence-corrected chi connectivity index (χ3v) is 4.74. The average Bonchev–Trinajstić information content (AvgIpc) is 1.61. The maximum Gasteiger partial charge on any atom is 0.118 e. The standard InChI is InChI=1S/Cl2H2NP3S/c1-4-3-5-6(2)7/h5-6H. The maximum atomic E-state index is 5.43. The molecule has 0 aliphatic rings. The van der Waals surface area contributed by atoms with Crippen LogP contribution in [0.25, 0.3) is 0 Å². The molecule has 0 amide bonds. The Bertz CT molecular complexity index is 90.9. The van der Waals surface area contributed by atoms with Crippen LogP contribution in [0.5, 0.6) is 0 Å². The molecule has 0 radical (unpaired) electrons. The molecule has 0 saturated heterocycles. The fourth-order valence-corrected chi connectivity index (χ4v) is 4.71. The topological polar surface area (TPSA) is 12.4 Å². The van der Waals surface area contributed by atoms with Crippen LogP contribution >= 0.6 is 44.4 Å². The summed E-state index contributed by atoms with van der Waals surface area (Å²) in [7, 11) is 0.876. The number of nitrogens with zero attached hydrogens (tertiary/aromatic N) is 1. The monoisotopic (exact) mass is 211 g/mol. The minimum Gasteiger partial charge on any atom is -0.226 e. The normalized spacial score (nSPS) is 16.9. The van der Waals surface area contributed by atoms with E-state index in [0.29, 0.717) is 16.1 Å². The summed E-state index contributed by atoms with van der Waals surface area (Å²) in [6.45, 7) is 0. The highest BCUT2D eigenvalue weighted by Crippen LogP contribution is 2.51. The van der Waals surface area contributed by atoms with Gasteiger partial charge in [-0.2, -0.15) is 0 Å². The first-order chi connectivity index (χ1) is 3.27. The Morgan fingerprint density at radius 3 is 2.57 bits per heavy atom. The molecule has 0 heterocycles. The summed E-state index contributed by atoms with van der Waals surface area (Å²) in [5.74, 6) is 0. The fraction of sp³-hybridized carbons (Fsp3) is 0. The highest BCUT2D eigenvalue weighted by atomic mass is 35.7. The first-order valence-corrected chi connectivity index (χ1v) is 8.58. The molecule has 42 valence electrons. The van der Waals surface area contributed by atoms with E-state index in [0.717, 1.165) is 0 Å². The first kappa shape index (κ1) is 8.76. The lowest BCUT2D eigenvalue weighted by atomic mass is 13.9. The predicted octanol–water partition coefficient (Wildman–Crippen LogP) is 3.61. The summed E-state index contributed by atoms with van der Waals surface area (Å²) in [6.07, 6.45) is 0. The second kappa shape index (κ2) is 5.89. The van der Waals surface area contributed by atoms with Crippen LogP contribution in [0.15, 0.2) is 4.52 Å². The zero-order chi connectivity index (χ0) is 5.70. The molecule has 7 heteroatoms. The second-order valence-electron chi connectivity index (χ2n) is 0.561. The van der Waals surface area contributed by atoms with Crippen molar-refractivity contribution in [2.24, 2.45) is 4.52 Å². The van der Waals surface area contributed by atoms with E-state index in [2.05, 4.69) is 16.3 Å². The Balaban J connectivity index is 3.14. The van der Waals surface area contributed by atoms with Gasteiger partial charge >= 0.3 is 0 Å². The predicted molar refractivity (Wildman–Crippen MR) is 45.0 cm³/mol. The van der Waals surface area contributed by atoms with E-state index in [9.17, 15) is 0 Å². The molecule has 0 aromatic rings. The van der Waals surface area contributed by atoms with Crippen LogP contribution < -0.4 is 0 Å². The molecule has 0 aliphatic heterocycles. The van der Waals surface area contributed by atoms with Crippen molar-refractivity contribution in [3.8, 4) is 0 Å². The molecule has 2 atom stereocenters. The molecule has 0 bridgehead atoms. The van der Waals surface area contributed by atoms with E-state index in [1.54, 1.807) is 0 Å². The van der Waals surface area contributed by atoms with Crippen molar-refractivity contribution in [1.82, 2.24) is 0 Å². The molecule has 1 nitrogen and oxygen atoms in total. The fourth-order valence-electron chi connectivity index (χ4n) is 0.0582. The van der Waals surface area contributed by atoms with Crippen molar-refractivity contribution in [2.45, 2.75) is 0 Å². The van der Waals surface area contributed by atoms with Crippen LogP contribution in [0, 0.1) is 0 Å². The zero-order valence-electron chi connectivity index (χ0n) is 3.06. The van der Waals surface area contributed by atoms with Gasteiger partial charge < -0.3 is 0 Å². The maximum absolute atomic E-state index is 5.43. The second-order valence-corrected chi connectivity index (χ2v) is 9.98. The molecule has 0 aromatic heterocycles. The van der Waals surface area contributed by atoms with Crippen molar-refractivity contribution < 1.29 is 0 Å². The molecule has 0 spiro atoms. The summed E-state index contributed by atoms with van der Waals surface area (Å²) >= 11 is 15.3. The molecule has 0 rings (SSSR count). The van der Waals surface area contributed by atoms with Crippen molar-refractivity contribution in [3.05, 3.63) is 0 Å². The van der Waals surface area contributed by atoms with Gasteiger partial charge in [0.2, 0.25) is 0 Å². The van der Waals surface area contributed by atoms with Gasteiger partial charge in [0, 0.05) is 0 Å². The number of rotatable bonds is 2. The highest BCUT2D eigenvalue weighted by Gasteiger charge is 1.79. The molecule has 7 heavy (non-hydrogen) atoms. The van der Waals surface area contributed by atoms with E-state index in [-0.39, 0.29) is 0 Å². The lowest BCUT2D eigenvalue weighted by Crippen LogP contribution is -1.14. The van der Waals surface area contributed by atoms with E-state index >= 15 is 0 Å². The minimum absolute atomic E-state index is 0.351. The molecule has 0 N–H and O–H groups in total. The Labute approximate surface area is 60.8 Å². The van der Waals surface area contributed by atoms with Gasteiger partial charge in [-0.25, -0.2) is 4.52 Å². The lowest BCUT2D eigenvalue weighted by molar-refractivity contribution is 2.10. The van der Waals surface area contributed by atoms with Gasteiger partial charge in [0.15, 0.2) is 0 Å². The smallest absolute Gasteiger partial charge is 0.118 e.